The molecule has 0 saturated carbocycles. The predicted molar refractivity (Wildman–Crippen MR) is 90.9 cm³/mol. The number of hydrogen-bond donors (Lipinski definition) is 1. The van der Waals surface area contributed by atoms with Crippen molar-refractivity contribution in [1.29, 1.82) is 0 Å². The first-order valence-electron chi connectivity index (χ1n) is 7.06. The molecule has 0 aliphatic carbocycles. The van der Waals surface area contributed by atoms with Gasteiger partial charge >= 0.3 is 0 Å². The Balaban J connectivity index is 2.03. The van der Waals surface area contributed by atoms with Gasteiger partial charge in [-0.3, -0.25) is 0 Å². The average Bonchev–Trinajstić information content (AvgIpc) is 3.00. The first-order chi connectivity index (χ1) is 11.5. The van der Waals surface area contributed by atoms with Crippen LogP contribution < -0.4 is 5.84 Å². The second-order valence-electron chi connectivity index (χ2n) is 5.15. The Morgan fingerprint density at radius 2 is 1.79 bits per heavy atom. The van der Waals surface area contributed by atoms with Crippen LogP contribution in [0.3, 0.4) is 0 Å². The van der Waals surface area contributed by atoms with E-state index in [0.717, 1.165) is 5.56 Å². The zero-order valence-corrected chi connectivity index (χ0v) is 13.7. The molecule has 0 aliphatic heterocycles. The molecule has 2 N–H and O–H groups in total. The van der Waals surface area contributed by atoms with E-state index in [1.165, 1.54) is 11.0 Å². The second kappa shape index (κ2) is 6.18. The Morgan fingerprint density at radius 3 is 2.46 bits per heavy atom. The minimum atomic E-state index is -3.71. The van der Waals surface area contributed by atoms with Crippen LogP contribution >= 0.6 is 0 Å². The monoisotopic (exact) mass is 338 g/mol. The Hall–Kier alpha value is -3.11. The molecule has 24 heavy (non-hydrogen) atoms. The molecule has 3 rings (SSSR count). The molecule has 0 radical (unpaired) electrons. The zero-order chi connectivity index (χ0) is 17.2. The third-order valence-corrected chi connectivity index (χ3v) is 4.66. The topological polar surface area (TPSA) is 90.9 Å². The van der Waals surface area contributed by atoms with Gasteiger partial charge in [-0.15, -0.1) is 10.2 Å². The number of hydrogen-bond acceptors (Lipinski definition) is 5. The highest BCUT2D eigenvalue weighted by molar-refractivity contribution is 7.96. The Morgan fingerprint density at radius 1 is 1.08 bits per heavy atom. The third kappa shape index (κ3) is 3.14. The maximum absolute atomic E-state index is 12.4. The number of aryl methyl sites for hydroxylation is 1. The summed E-state index contributed by atoms with van der Waals surface area (Å²) in [6, 6.07) is 13.6. The van der Waals surface area contributed by atoms with E-state index in [9.17, 15) is 8.42 Å². The number of nitrogen functional groups attached to an aromatic ring is 1. The third-order valence-electron chi connectivity index (χ3n) is 3.39. The molecule has 7 heteroatoms. The minimum absolute atomic E-state index is 0.167. The van der Waals surface area contributed by atoms with Crippen LogP contribution in [0.25, 0.3) is 11.4 Å². The quantitative estimate of drug-likeness (QED) is 0.568. The number of nitrogens with zero attached hydrogens (tertiary/aromatic N) is 3. The van der Waals surface area contributed by atoms with Gasteiger partial charge in [0.25, 0.3) is 0 Å². The molecule has 0 spiro atoms. The van der Waals surface area contributed by atoms with Gasteiger partial charge in [-0.05, 0) is 37.1 Å². The van der Waals surface area contributed by atoms with E-state index in [1.54, 1.807) is 48.5 Å². The molecule has 1 aromatic heterocycles. The molecule has 0 amide bonds. The molecule has 0 bridgehead atoms. The van der Waals surface area contributed by atoms with E-state index in [1.807, 2.05) is 6.92 Å². The lowest BCUT2D eigenvalue weighted by Gasteiger charge is -2.03. The molecule has 0 unspecified atom stereocenters. The van der Waals surface area contributed by atoms with Crippen molar-refractivity contribution in [2.75, 3.05) is 5.84 Å². The predicted octanol–water partition coefficient (Wildman–Crippen LogP) is 1.75. The minimum Gasteiger partial charge on any atom is -0.336 e. The fourth-order valence-electron chi connectivity index (χ4n) is 2.12. The van der Waals surface area contributed by atoms with Crippen LogP contribution in [0, 0.1) is 18.1 Å². The highest BCUT2D eigenvalue weighted by atomic mass is 32.2. The Labute approximate surface area is 139 Å². The summed E-state index contributed by atoms with van der Waals surface area (Å²) in [7, 11) is -3.71. The number of aromatic nitrogens is 3. The lowest BCUT2D eigenvalue weighted by atomic mass is 10.1. The molecule has 2 aromatic carbocycles. The lowest BCUT2D eigenvalue weighted by Crippen LogP contribution is -2.08. The van der Waals surface area contributed by atoms with Gasteiger partial charge in [0.2, 0.25) is 9.84 Å². The highest BCUT2D eigenvalue weighted by Crippen LogP contribution is 2.20. The van der Waals surface area contributed by atoms with E-state index in [-0.39, 0.29) is 4.90 Å². The van der Waals surface area contributed by atoms with Crippen LogP contribution in [0.5, 0.6) is 0 Å². The van der Waals surface area contributed by atoms with Crippen LogP contribution in [0.2, 0.25) is 0 Å². The summed E-state index contributed by atoms with van der Waals surface area (Å²) in [5.74, 6) is 8.87. The summed E-state index contributed by atoms with van der Waals surface area (Å²) in [5.41, 5.74) is 2.10. The smallest absolute Gasteiger partial charge is 0.245 e. The number of nitrogens with two attached hydrogens (primary N) is 1. The molecule has 0 atom stereocenters. The first kappa shape index (κ1) is 15.8. The van der Waals surface area contributed by atoms with Crippen molar-refractivity contribution in [3.63, 3.8) is 0 Å². The van der Waals surface area contributed by atoms with Crippen molar-refractivity contribution in [2.24, 2.45) is 0 Å². The summed E-state index contributed by atoms with van der Waals surface area (Å²) < 4.78 is 26.0. The molecular formula is C17H14N4O2S. The maximum atomic E-state index is 12.4. The molecule has 0 fully saturated rings. The number of benzene rings is 2. The summed E-state index contributed by atoms with van der Waals surface area (Å²) in [6.07, 6.45) is 1.36. The van der Waals surface area contributed by atoms with Gasteiger partial charge in [0.05, 0.1) is 4.90 Å². The van der Waals surface area contributed by atoms with Gasteiger partial charge in [0.15, 0.2) is 5.82 Å². The summed E-state index contributed by atoms with van der Waals surface area (Å²) >= 11 is 0. The van der Waals surface area contributed by atoms with Crippen molar-refractivity contribution in [3.8, 4) is 22.6 Å². The van der Waals surface area contributed by atoms with Crippen LogP contribution in [0.4, 0.5) is 0 Å². The highest BCUT2D eigenvalue weighted by Gasteiger charge is 2.12. The van der Waals surface area contributed by atoms with E-state index in [2.05, 4.69) is 21.4 Å². The molecule has 6 nitrogen and oxygen atoms in total. The average molecular weight is 338 g/mol. The second-order valence-corrected chi connectivity index (χ2v) is 6.83. The van der Waals surface area contributed by atoms with E-state index in [4.69, 9.17) is 5.84 Å². The SMILES string of the molecule is Cc1ccc(S(=O)(=O)C#Cc2ccccc2-c2nncn2N)cc1. The standard InChI is InChI=1S/C17H14N4O2S/c1-13-6-8-15(9-7-13)24(22,23)11-10-14-4-2-3-5-16(14)17-20-19-12-21(17)18/h2-9,12H,18H2,1H3. The van der Waals surface area contributed by atoms with Crippen molar-refractivity contribution in [1.82, 2.24) is 14.9 Å². The van der Waals surface area contributed by atoms with Crippen molar-refractivity contribution in [2.45, 2.75) is 11.8 Å². The molecule has 120 valence electrons. The van der Waals surface area contributed by atoms with Crippen molar-refractivity contribution >= 4 is 9.84 Å². The fourth-order valence-corrected chi connectivity index (χ4v) is 2.98. The molecule has 0 aliphatic rings. The Bertz CT molecular complexity index is 1040. The molecule has 1 heterocycles. The summed E-state index contributed by atoms with van der Waals surface area (Å²) in [6.45, 7) is 1.89. The fraction of sp³-hybridized carbons (Fsp3) is 0.0588. The van der Waals surface area contributed by atoms with E-state index >= 15 is 0 Å². The van der Waals surface area contributed by atoms with Gasteiger partial charge in [0, 0.05) is 16.4 Å². The van der Waals surface area contributed by atoms with E-state index < -0.39 is 9.84 Å². The van der Waals surface area contributed by atoms with Crippen LogP contribution in [-0.2, 0) is 9.84 Å². The van der Waals surface area contributed by atoms with E-state index in [0.29, 0.717) is 17.0 Å². The van der Waals surface area contributed by atoms with Gasteiger partial charge in [-0.25, -0.2) is 13.1 Å². The van der Waals surface area contributed by atoms with Gasteiger partial charge in [0.1, 0.15) is 6.33 Å². The van der Waals surface area contributed by atoms with Gasteiger partial charge < -0.3 is 5.84 Å². The molecular weight excluding hydrogens is 324 g/mol. The lowest BCUT2D eigenvalue weighted by molar-refractivity contribution is 0.606. The van der Waals surface area contributed by atoms with Crippen LogP contribution in [-0.4, -0.2) is 23.3 Å². The Kier molecular flexibility index (Phi) is 4.06. The molecule has 0 saturated heterocycles. The summed E-state index contributed by atoms with van der Waals surface area (Å²) in [5, 5.41) is 10.0. The van der Waals surface area contributed by atoms with Crippen molar-refractivity contribution in [3.05, 3.63) is 66.0 Å². The van der Waals surface area contributed by atoms with Crippen LogP contribution in [0.15, 0.2) is 59.8 Å². The molecule has 3 aromatic rings. The number of sulfone groups is 1. The van der Waals surface area contributed by atoms with Gasteiger partial charge in [-0.2, -0.15) is 0 Å². The van der Waals surface area contributed by atoms with Crippen LogP contribution in [0.1, 0.15) is 11.1 Å². The largest absolute Gasteiger partial charge is 0.336 e. The first-order valence-corrected chi connectivity index (χ1v) is 8.55. The summed E-state index contributed by atoms with van der Waals surface area (Å²) in [4.78, 5) is 0.167. The van der Waals surface area contributed by atoms with Crippen molar-refractivity contribution < 1.29 is 8.42 Å². The normalized spacial score (nSPS) is 10.9. The maximum Gasteiger partial charge on any atom is 0.245 e. The van der Waals surface area contributed by atoms with Gasteiger partial charge in [-0.1, -0.05) is 29.8 Å². The number of rotatable bonds is 2. The zero-order valence-electron chi connectivity index (χ0n) is 12.8.